The maximum atomic E-state index is 13.5. The van der Waals surface area contributed by atoms with Crippen molar-refractivity contribution >= 4 is 0 Å². The van der Waals surface area contributed by atoms with Crippen molar-refractivity contribution in [3.63, 3.8) is 0 Å². The summed E-state index contributed by atoms with van der Waals surface area (Å²) in [5.74, 6) is 0.0289. The fraction of sp³-hybridized carbons (Fsp3) is 1.00. The highest BCUT2D eigenvalue weighted by Gasteiger charge is 2.38. The summed E-state index contributed by atoms with van der Waals surface area (Å²) in [5.41, 5.74) is -0.0131. The summed E-state index contributed by atoms with van der Waals surface area (Å²) >= 11 is 0. The summed E-state index contributed by atoms with van der Waals surface area (Å²) < 4.78 is 13.5. The Balaban J connectivity index is 2.64. The lowest BCUT2D eigenvalue weighted by Crippen LogP contribution is -2.40. The van der Waals surface area contributed by atoms with Gasteiger partial charge in [0.05, 0.1) is 6.10 Å². The van der Waals surface area contributed by atoms with E-state index in [0.717, 1.165) is 12.8 Å². The molecule has 0 aromatic heterocycles. The number of aliphatic hydroxyl groups is 1. The van der Waals surface area contributed by atoms with E-state index in [1.165, 1.54) is 0 Å². The molecule has 1 nitrogen and oxygen atoms in total. The fourth-order valence-electron chi connectivity index (χ4n) is 2.04. The molecule has 0 amide bonds. The molecule has 1 rings (SSSR count). The van der Waals surface area contributed by atoms with Gasteiger partial charge in [-0.1, -0.05) is 27.2 Å². The van der Waals surface area contributed by atoms with E-state index in [1.807, 2.05) is 20.8 Å². The van der Waals surface area contributed by atoms with E-state index in [1.54, 1.807) is 0 Å². The van der Waals surface area contributed by atoms with Gasteiger partial charge in [0.2, 0.25) is 0 Å². The number of halogens is 1. The Morgan fingerprint density at radius 2 is 1.83 bits per heavy atom. The first-order chi connectivity index (χ1) is 5.43. The van der Waals surface area contributed by atoms with Crippen LogP contribution in [0.15, 0.2) is 0 Å². The fourth-order valence-corrected chi connectivity index (χ4v) is 2.04. The van der Waals surface area contributed by atoms with Gasteiger partial charge in [-0.15, -0.1) is 0 Å². The predicted octanol–water partition coefficient (Wildman–Crippen LogP) is 2.53. The van der Waals surface area contributed by atoms with E-state index in [4.69, 9.17) is 0 Å². The van der Waals surface area contributed by atoms with Crippen molar-refractivity contribution in [1.82, 2.24) is 0 Å². The average molecular weight is 174 g/mol. The maximum absolute atomic E-state index is 13.5. The van der Waals surface area contributed by atoms with Gasteiger partial charge in [0.15, 0.2) is 0 Å². The van der Waals surface area contributed by atoms with Crippen LogP contribution in [-0.4, -0.2) is 17.4 Å². The van der Waals surface area contributed by atoms with Gasteiger partial charge in [0.25, 0.3) is 0 Å². The van der Waals surface area contributed by atoms with Crippen molar-refractivity contribution in [2.75, 3.05) is 0 Å². The van der Waals surface area contributed by atoms with Gasteiger partial charge in [0.1, 0.15) is 6.17 Å². The Morgan fingerprint density at radius 1 is 1.25 bits per heavy atom. The van der Waals surface area contributed by atoms with Crippen molar-refractivity contribution in [3.05, 3.63) is 0 Å². The van der Waals surface area contributed by atoms with Crippen LogP contribution in [0.3, 0.4) is 0 Å². The van der Waals surface area contributed by atoms with Crippen molar-refractivity contribution in [1.29, 1.82) is 0 Å². The molecule has 0 aliphatic heterocycles. The lowest BCUT2D eigenvalue weighted by molar-refractivity contribution is -0.0296. The van der Waals surface area contributed by atoms with Crippen molar-refractivity contribution < 1.29 is 9.50 Å². The summed E-state index contributed by atoms with van der Waals surface area (Å²) in [6, 6.07) is 0. The Hall–Kier alpha value is -0.110. The Morgan fingerprint density at radius 3 is 2.25 bits per heavy atom. The largest absolute Gasteiger partial charge is 0.390 e. The maximum Gasteiger partial charge on any atom is 0.129 e. The number of rotatable bonds is 0. The Kier molecular flexibility index (Phi) is 2.77. The van der Waals surface area contributed by atoms with Crippen molar-refractivity contribution in [2.45, 2.75) is 52.3 Å². The molecule has 1 saturated carbocycles. The SMILES string of the molecule is CC(C)(C)C1CCCC(O)C1F. The molecular weight excluding hydrogens is 155 g/mol. The average Bonchev–Trinajstić information content (AvgIpc) is 1.92. The molecule has 3 atom stereocenters. The summed E-state index contributed by atoms with van der Waals surface area (Å²) in [5, 5.41) is 9.34. The van der Waals surface area contributed by atoms with Gasteiger partial charge in [-0.2, -0.15) is 0 Å². The highest BCUT2D eigenvalue weighted by molar-refractivity contribution is 4.88. The van der Waals surface area contributed by atoms with Crippen LogP contribution < -0.4 is 0 Å². The predicted molar refractivity (Wildman–Crippen MR) is 47.7 cm³/mol. The zero-order chi connectivity index (χ0) is 9.35. The van der Waals surface area contributed by atoms with E-state index < -0.39 is 12.3 Å². The third-order valence-electron chi connectivity index (χ3n) is 2.88. The zero-order valence-corrected chi connectivity index (χ0v) is 8.18. The topological polar surface area (TPSA) is 20.2 Å². The van der Waals surface area contributed by atoms with Crippen LogP contribution in [0.5, 0.6) is 0 Å². The van der Waals surface area contributed by atoms with Crippen molar-refractivity contribution in [2.24, 2.45) is 11.3 Å². The number of hydrogen-bond donors (Lipinski definition) is 1. The van der Waals surface area contributed by atoms with Gasteiger partial charge in [-0.25, -0.2) is 4.39 Å². The molecular formula is C10H19FO. The second-order valence-corrected chi connectivity index (χ2v) is 4.92. The first-order valence-corrected chi connectivity index (χ1v) is 4.75. The number of alkyl halides is 1. The minimum Gasteiger partial charge on any atom is -0.390 e. The van der Waals surface area contributed by atoms with Gasteiger partial charge in [0, 0.05) is 0 Å². The molecule has 1 aliphatic rings. The summed E-state index contributed by atoms with van der Waals surface area (Å²) in [6.45, 7) is 6.13. The van der Waals surface area contributed by atoms with Crippen LogP contribution in [0.2, 0.25) is 0 Å². The Labute approximate surface area is 74.0 Å². The molecule has 12 heavy (non-hydrogen) atoms. The van der Waals surface area contributed by atoms with Crippen LogP contribution >= 0.6 is 0 Å². The molecule has 72 valence electrons. The van der Waals surface area contributed by atoms with Gasteiger partial charge in [-0.05, 0) is 24.2 Å². The second kappa shape index (κ2) is 3.33. The Bertz CT molecular complexity index is 150. The third kappa shape index (κ3) is 1.98. The lowest BCUT2D eigenvalue weighted by atomic mass is 9.70. The smallest absolute Gasteiger partial charge is 0.129 e. The normalized spacial score (nSPS) is 38.2. The molecule has 0 heterocycles. The molecule has 0 bridgehead atoms. The highest BCUT2D eigenvalue weighted by Crippen LogP contribution is 2.39. The van der Waals surface area contributed by atoms with Crippen LogP contribution in [0, 0.1) is 11.3 Å². The zero-order valence-electron chi connectivity index (χ0n) is 8.18. The standard InChI is InChI=1S/C10H19FO/c1-10(2,3)7-5-4-6-8(12)9(7)11/h7-9,12H,4-6H2,1-3H3. The minimum atomic E-state index is -1.02. The molecule has 2 heteroatoms. The summed E-state index contributed by atoms with van der Waals surface area (Å²) in [7, 11) is 0. The molecule has 3 unspecified atom stereocenters. The van der Waals surface area contributed by atoms with Crippen LogP contribution in [0.1, 0.15) is 40.0 Å². The monoisotopic (exact) mass is 174 g/mol. The second-order valence-electron chi connectivity index (χ2n) is 4.92. The van der Waals surface area contributed by atoms with Gasteiger partial charge >= 0.3 is 0 Å². The molecule has 1 N–H and O–H groups in total. The van der Waals surface area contributed by atoms with E-state index in [2.05, 4.69) is 0 Å². The van der Waals surface area contributed by atoms with E-state index >= 15 is 0 Å². The minimum absolute atomic E-state index is 0.0131. The molecule has 0 radical (unpaired) electrons. The van der Waals surface area contributed by atoms with Crippen LogP contribution in [0.4, 0.5) is 4.39 Å². The quantitative estimate of drug-likeness (QED) is 0.598. The van der Waals surface area contributed by atoms with Gasteiger partial charge in [-0.3, -0.25) is 0 Å². The first kappa shape index (κ1) is 9.97. The van der Waals surface area contributed by atoms with E-state index in [0.29, 0.717) is 6.42 Å². The molecule has 0 aromatic rings. The number of hydrogen-bond acceptors (Lipinski definition) is 1. The summed E-state index contributed by atoms with van der Waals surface area (Å²) in [6.07, 6.45) is 0.778. The molecule has 1 fully saturated rings. The van der Waals surface area contributed by atoms with Gasteiger partial charge < -0.3 is 5.11 Å². The van der Waals surface area contributed by atoms with Crippen LogP contribution in [0.25, 0.3) is 0 Å². The first-order valence-electron chi connectivity index (χ1n) is 4.75. The van der Waals surface area contributed by atoms with E-state index in [-0.39, 0.29) is 11.3 Å². The van der Waals surface area contributed by atoms with Crippen LogP contribution in [-0.2, 0) is 0 Å². The van der Waals surface area contributed by atoms with Crippen molar-refractivity contribution in [3.8, 4) is 0 Å². The molecule has 0 spiro atoms. The molecule has 0 saturated heterocycles. The van der Waals surface area contributed by atoms with E-state index in [9.17, 15) is 9.50 Å². The summed E-state index contributed by atoms with van der Waals surface area (Å²) in [4.78, 5) is 0. The molecule has 0 aromatic carbocycles. The number of aliphatic hydroxyl groups excluding tert-OH is 1. The highest BCUT2D eigenvalue weighted by atomic mass is 19.1. The third-order valence-corrected chi connectivity index (χ3v) is 2.88. The lowest BCUT2D eigenvalue weighted by Gasteiger charge is -2.38. The molecule has 1 aliphatic carbocycles.